The average Bonchev–Trinajstić information content (AvgIpc) is 2.24. The molecule has 1 rings (SSSR count). The van der Waals surface area contributed by atoms with E-state index in [1.165, 1.54) is 6.07 Å². The van der Waals surface area contributed by atoms with Crippen LogP contribution in [0.15, 0.2) is 18.2 Å². The van der Waals surface area contributed by atoms with Crippen molar-refractivity contribution in [1.29, 1.82) is 0 Å². The number of benzene rings is 1. The van der Waals surface area contributed by atoms with Crippen LogP contribution in [-0.4, -0.2) is 23.1 Å². The van der Waals surface area contributed by atoms with Crippen molar-refractivity contribution >= 4 is 11.4 Å². The van der Waals surface area contributed by atoms with Gasteiger partial charge < -0.3 is 15.8 Å². The first-order valence-electron chi connectivity index (χ1n) is 6.17. The van der Waals surface area contributed by atoms with Gasteiger partial charge in [0.05, 0.1) is 11.0 Å². The molecule has 0 aliphatic rings. The van der Waals surface area contributed by atoms with Crippen LogP contribution in [0.2, 0.25) is 0 Å². The van der Waals surface area contributed by atoms with Crippen LogP contribution in [0.4, 0.5) is 11.4 Å². The third kappa shape index (κ3) is 5.13. The van der Waals surface area contributed by atoms with Gasteiger partial charge >= 0.3 is 5.69 Å². The van der Waals surface area contributed by atoms with E-state index in [2.05, 4.69) is 5.32 Å². The molecule has 0 bridgehead atoms. The van der Waals surface area contributed by atoms with Gasteiger partial charge in [-0.3, -0.25) is 10.1 Å². The molecule has 3 N–H and O–H groups in total. The summed E-state index contributed by atoms with van der Waals surface area (Å²) in [5, 5.41) is 14.1. The maximum atomic E-state index is 10.9. The highest BCUT2D eigenvalue weighted by Gasteiger charge is 2.17. The molecule has 0 heterocycles. The first-order valence-corrected chi connectivity index (χ1v) is 6.17. The lowest BCUT2D eigenvalue weighted by atomic mass is 10.1. The van der Waals surface area contributed by atoms with Gasteiger partial charge in [-0.25, -0.2) is 0 Å². The number of nitrogens with one attached hydrogen (secondary N) is 1. The molecule has 0 saturated carbocycles. The van der Waals surface area contributed by atoms with Gasteiger partial charge in [-0.05, 0) is 33.8 Å². The number of hydrogen-bond donors (Lipinski definition) is 2. The molecule has 0 aliphatic carbocycles. The molecule has 0 aromatic heterocycles. The molecule has 6 heteroatoms. The molecule has 0 spiro atoms. The first-order chi connectivity index (χ1) is 8.69. The number of nitro groups is 1. The molecule has 1 aromatic carbocycles. The number of hydrogen-bond acceptors (Lipinski definition) is 5. The number of nitrogens with zero attached hydrogens (tertiary/aromatic N) is 1. The number of ether oxygens (including phenoxy) is 1. The smallest absolute Gasteiger partial charge is 0.311 e. The molecule has 106 valence electrons. The van der Waals surface area contributed by atoms with E-state index in [9.17, 15) is 10.1 Å². The molecule has 1 aromatic rings. The standard InChI is InChI=1S/C13H21N3O3/c1-9(2)19-12-7-10(15-8-13(3,4)14)5-6-11(12)16(17)18/h5-7,9,15H,8,14H2,1-4H3. The number of rotatable bonds is 6. The van der Waals surface area contributed by atoms with Gasteiger partial charge in [0.2, 0.25) is 0 Å². The van der Waals surface area contributed by atoms with Crippen LogP contribution in [-0.2, 0) is 0 Å². The Morgan fingerprint density at radius 1 is 1.47 bits per heavy atom. The molecule has 0 saturated heterocycles. The van der Waals surface area contributed by atoms with E-state index in [0.717, 1.165) is 5.69 Å². The van der Waals surface area contributed by atoms with Crippen LogP contribution in [0, 0.1) is 10.1 Å². The Morgan fingerprint density at radius 2 is 2.11 bits per heavy atom. The van der Waals surface area contributed by atoms with Gasteiger partial charge in [0.1, 0.15) is 0 Å². The van der Waals surface area contributed by atoms with E-state index in [-0.39, 0.29) is 23.1 Å². The maximum Gasteiger partial charge on any atom is 0.311 e. The van der Waals surface area contributed by atoms with Crippen molar-refractivity contribution in [2.45, 2.75) is 39.3 Å². The normalized spacial score (nSPS) is 11.5. The molecular formula is C13H21N3O3. The van der Waals surface area contributed by atoms with Crippen LogP contribution in [0.5, 0.6) is 5.75 Å². The third-order valence-electron chi connectivity index (χ3n) is 2.27. The Labute approximate surface area is 113 Å². The van der Waals surface area contributed by atoms with E-state index in [4.69, 9.17) is 10.5 Å². The van der Waals surface area contributed by atoms with Crippen molar-refractivity contribution in [3.8, 4) is 5.75 Å². The zero-order valence-corrected chi connectivity index (χ0v) is 11.8. The summed E-state index contributed by atoms with van der Waals surface area (Å²) >= 11 is 0. The van der Waals surface area contributed by atoms with E-state index >= 15 is 0 Å². The molecule has 0 unspecified atom stereocenters. The minimum atomic E-state index is -0.450. The zero-order chi connectivity index (χ0) is 14.6. The predicted octanol–water partition coefficient (Wildman–Crippen LogP) is 2.53. The predicted molar refractivity (Wildman–Crippen MR) is 75.6 cm³/mol. The molecule has 0 radical (unpaired) electrons. The Morgan fingerprint density at radius 3 is 2.58 bits per heavy atom. The Kier molecular flexibility index (Phi) is 4.72. The molecule has 0 atom stereocenters. The molecule has 0 amide bonds. The summed E-state index contributed by atoms with van der Waals surface area (Å²) in [7, 11) is 0. The van der Waals surface area contributed by atoms with Crippen molar-refractivity contribution in [2.75, 3.05) is 11.9 Å². The lowest BCUT2D eigenvalue weighted by Gasteiger charge is -2.20. The van der Waals surface area contributed by atoms with Crippen molar-refractivity contribution in [2.24, 2.45) is 5.73 Å². The van der Waals surface area contributed by atoms with Crippen molar-refractivity contribution in [1.82, 2.24) is 0 Å². The average molecular weight is 267 g/mol. The number of nitrogens with two attached hydrogens (primary N) is 1. The second-order valence-electron chi connectivity index (χ2n) is 5.45. The van der Waals surface area contributed by atoms with Crippen LogP contribution >= 0.6 is 0 Å². The molecular weight excluding hydrogens is 246 g/mol. The number of anilines is 1. The monoisotopic (exact) mass is 267 g/mol. The summed E-state index contributed by atoms with van der Waals surface area (Å²) < 4.78 is 5.47. The summed E-state index contributed by atoms with van der Waals surface area (Å²) in [6, 6.07) is 4.71. The largest absolute Gasteiger partial charge is 0.484 e. The van der Waals surface area contributed by atoms with E-state index in [1.807, 2.05) is 27.7 Å². The zero-order valence-electron chi connectivity index (χ0n) is 11.8. The highest BCUT2D eigenvalue weighted by molar-refractivity contribution is 5.58. The first kappa shape index (κ1) is 15.2. The maximum absolute atomic E-state index is 10.9. The van der Waals surface area contributed by atoms with Gasteiger partial charge in [-0.15, -0.1) is 0 Å². The quantitative estimate of drug-likeness (QED) is 0.610. The second kappa shape index (κ2) is 5.88. The summed E-state index contributed by atoms with van der Waals surface area (Å²) in [4.78, 5) is 10.5. The fraction of sp³-hybridized carbons (Fsp3) is 0.538. The highest BCUT2D eigenvalue weighted by atomic mass is 16.6. The minimum Gasteiger partial charge on any atom is -0.484 e. The Hall–Kier alpha value is -1.82. The molecule has 6 nitrogen and oxygen atoms in total. The lowest BCUT2D eigenvalue weighted by molar-refractivity contribution is -0.386. The Balaban J connectivity index is 2.94. The fourth-order valence-corrected chi connectivity index (χ4v) is 1.45. The minimum absolute atomic E-state index is 0.0359. The van der Waals surface area contributed by atoms with Crippen molar-refractivity contribution in [3.63, 3.8) is 0 Å². The summed E-state index contributed by atoms with van der Waals surface area (Å²) in [5.74, 6) is 0.264. The summed E-state index contributed by atoms with van der Waals surface area (Å²) in [6.45, 7) is 8.01. The third-order valence-corrected chi connectivity index (χ3v) is 2.27. The SMILES string of the molecule is CC(C)Oc1cc(NCC(C)(C)N)ccc1[N+](=O)[O-]. The summed E-state index contributed by atoms with van der Waals surface area (Å²) in [6.07, 6.45) is -0.125. The topological polar surface area (TPSA) is 90.4 Å². The lowest BCUT2D eigenvalue weighted by Crippen LogP contribution is -2.39. The van der Waals surface area contributed by atoms with Gasteiger partial charge in [-0.2, -0.15) is 0 Å². The van der Waals surface area contributed by atoms with Gasteiger partial charge in [0.25, 0.3) is 0 Å². The van der Waals surface area contributed by atoms with Crippen LogP contribution in [0.25, 0.3) is 0 Å². The molecule has 19 heavy (non-hydrogen) atoms. The van der Waals surface area contributed by atoms with Gasteiger partial charge in [0, 0.05) is 29.9 Å². The van der Waals surface area contributed by atoms with Crippen molar-refractivity contribution in [3.05, 3.63) is 28.3 Å². The highest BCUT2D eigenvalue weighted by Crippen LogP contribution is 2.31. The van der Waals surface area contributed by atoms with E-state index < -0.39 is 4.92 Å². The van der Waals surface area contributed by atoms with Crippen molar-refractivity contribution < 1.29 is 9.66 Å². The molecule has 0 aliphatic heterocycles. The number of nitro benzene ring substituents is 1. The van der Waals surface area contributed by atoms with Crippen LogP contribution < -0.4 is 15.8 Å². The van der Waals surface area contributed by atoms with Gasteiger partial charge in [0.15, 0.2) is 5.75 Å². The van der Waals surface area contributed by atoms with E-state index in [0.29, 0.717) is 6.54 Å². The van der Waals surface area contributed by atoms with Crippen LogP contribution in [0.1, 0.15) is 27.7 Å². The van der Waals surface area contributed by atoms with Crippen LogP contribution in [0.3, 0.4) is 0 Å². The summed E-state index contributed by atoms with van der Waals surface area (Å²) in [5.41, 5.74) is 6.23. The fourth-order valence-electron chi connectivity index (χ4n) is 1.45. The van der Waals surface area contributed by atoms with E-state index in [1.54, 1.807) is 12.1 Å². The molecule has 0 fully saturated rings. The van der Waals surface area contributed by atoms with Gasteiger partial charge in [-0.1, -0.05) is 0 Å². The second-order valence-corrected chi connectivity index (χ2v) is 5.45. The Bertz CT molecular complexity index is 453.